The molecule has 25 heavy (non-hydrogen) atoms. The molecule has 0 radical (unpaired) electrons. The van der Waals surface area contributed by atoms with Gasteiger partial charge in [0.1, 0.15) is 5.01 Å². The summed E-state index contributed by atoms with van der Waals surface area (Å²) in [5.74, 6) is -0.0381. The van der Waals surface area contributed by atoms with Gasteiger partial charge >= 0.3 is 0 Å². The topological polar surface area (TPSA) is 54.9 Å². The van der Waals surface area contributed by atoms with Crippen molar-refractivity contribution in [2.24, 2.45) is 0 Å². The molecule has 0 aliphatic rings. The number of aryl methyl sites for hydroxylation is 1. The molecule has 0 fully saturated rings. The van der Waals surface area contributed by atoms with Crippen LogP contribution in [0.1, 0.15) is 18.9 Å². The Morgan fingerprint density at radius 1 is 1.12 bits per heavy atom. The fourth-order valence-corrected chi connectivity index (χ4v) is 3.97. The first kappa shape index (κ1) is 17.6. The van der Waals surface area contributed by atoms with Crippen molar-refractivity contribution in [2.45, 2.75) is 30.4 Å². The molecule has 0 bridgehead atoms. The van der Waals surface area contributed by atoms with Crippen LogP contribution in [0.2, 0.25) is 0 Å². The number of nitrogens with one attached hydrogen (secondary N) is 1. The highest BCUT2D eigenvalue weighted by atomic mass is 32.2. The molecule has 6 heteroatoms. The summed E-state index contributed by atoms with van der Waals surface area (Å²) in [5.41, 5.74) is 2.21. The summed E-state index contributed by atoms with van der Waals surface area (Å²) in [6.07, 6.45) is 0.745. The van der Waals surface area contributed by atoms with E-state index in [0.29, 0.717) is 5.13 Å². The normalized spacial score (nSPS) is 11.9. The van der Waals surface area contributed by atoms with E-state index in [1.807, 2.05) is 49.4 Å². The van der Waals surface area contributed by atoms with Crippen LogP contribution in [0.25, 0.3) is 10.6 Å². The van der Waals surface area contributed by atoms with Crippen LogP contribution in [-0.2, 0) is 4.79 Å². The molecule has 1 heterocycles. The van der Waals surface area contributed by atoms with E-state index < -0.39 is 0 Å². The first-order valence-corrected chi connectivity index (χ1v) is 9.78. The van der Waals surface area contributed by atoms with E-state index in [1.54, 1.807) is 11.8 Å². The summed E-state index contributed by atoms with van der Waals surface area (Å²) in [6.45, 7) is 4.07. The van der Waals surface area contributed by atoms with Gasteiger partial charge in [-0.2, -0.15) is 0 Å². The summed E-state index contributed by atoms with van der Waals surface area (Å²) >= 11 is 2.96. The fraction of sp³-hybridized carbons (Fsp3) is 0.211. The molecular weight excluding hydrogens is 350 g/mol. The zero-order valence-corrected chi connectivity index (χ0v) is 15.7. The second-order valence-electron chi connectivity index (χ2n) is 5.60. The Balaban J connectivity index is 1.66. The number of thioether (sulfide) groups is 1. The predicted molar refractivity (Wildman–Crippen MR) is 105 cm³/mol. The van der Waals surface area contributed by atoms with Gasteiger partial charge in [0, 0.05) is 10.5 Å². The molecule has 0 spiro atoms. The van der Waals surface area contributed by atoms with Crippen LogP contribution in [0.3, 0.4) is 0 Å². The molecular formula is C19H19N3OS2. The number of anilines is 1. The molecule has 1 atom stereocenters. The van der Waals surface area contributed by atoms with E-state index in [1.165, 1.54) is 16.9 Å². The maximum Gasteiger partial charge on any atom is 0.239 e. The van der Waals surface area contributed by atoms with Crippen LogP contribution in [0.5, 0.6) is 0 Å². The van der Waals surface area contributed by atoms with Crippen molar-refractivity contribution in [3.05, 3.63) is 60.2 Å². The average Bonchev–Trinajstić information content (AvgIpc) is 3.10. The highest BCUT2D eigenvalue weighted by molar-refractivity contribution is 8.00. The van der Waals surface area contributed by atoms with Gasteiger partial charge in [0.2, 0.25) is 11.0 Å². The minimum Gasteiger partial charge on any atom is -0.300 e. The lowest BCUT2D eigenvalue weighted by Crippen LogP contribution is -2.24. The van der Waals surface area contributed by atoms with Crippen LogP contribution in [0.4, 0.5) is 5.13 Å². The van der Waals surface area contributed by atoms with Gasteiger partial charge in [0.05, 0.1) is 5.25 Å². The number of aromatic nitrogens is 2. The average molecular weight is 370 g/mol. The van der Waals surface area contributed by atoms with Crippen LogP contribution in [-0.4, -0.2) is 21.4 Å². The molecule has 2 aromatic carbocycles. The maximum absolute atomic E-state index is 12.6. The summed E-state index contributed by atoms with van der Waals surface area (Å²) in [7, 11) is 0. The largest absolute Gasteiger partial charge is 0.300 e. The van der Waals surface area contributed by atoms with Crippen LogP contribution in [0, 0.1) is 6.92 Å². The SMILES string of the molecule is CCC(Sc1ccc(C)cc1)C(=O)Nc1nnc(-c2ccccc2)s1. The van der Waals surface area contributed by atoms with Crippen molar-refractivity contribution in [2.75, 3.05) is 5.32 Å². The van der Waals surface area contributed by atoms with Gasteiger partial charge in [-0.05, 0) is 25.5 Å². The lowest BCUT2D eigenvalue weighted by Gasteiger charge is -2.13. The standard InChI is InChI=1S/C19H19N3OS2/c1-3-16(24-15-11-9-13(2)10-12-15)17(23)20-19-22-21-18(25-19)14-7-5-4-6-8-14/h4-12,16H,3H2,1-2H3,(H,20,22,23). The van der Waals surface area contributed by atoms with Crippen molar-refractivity contribution in [3.63, 3.8) is 0 Å². The maximum atomic E-state index is 12.6. The number of hydrogen-bond donors (Lipinski definition) is 1. The van der Waals surface area contributed by atoms with E-state index in [-0.39, 0.29) is 11.2 Å². The lowest BCUT2D eigenvalue weighted by atomic mass is 10.2. The summed E-state index contributed by atoms with van der Waals surface area (Å²) in [6, 6.07) is 18.1. The second-order valence-corrected chi connectivity index (χ2v) is 7.85. The minimum atomic E-state index is -0.160. The van der Waals surface area contributed by atoms with E-state index in [4.69, 9.17) is 0 Å². The molecule has 1 unspecified atom stereocenters. The molecule has 4 nitrogen and oxygen atoms in total. The molecule has 0 aliphatic heterocycles. The van der Waals surface area contributed by atoms with Gasteiger partial charge in [0.25, 0.3) is 0 Å². The number of nitrogens with zero attached hydrogens (tertiary/aromatic N) is 2. The fourth-order valence-electron chi connectivity index (χ4n) is 2.26. The third kappa shape index (κ3) is 4.67. The number of carbonyl (C=O) groups excluding carboxylic acids is 1. The van der Waals surface area contributed by atoms with Crippen LogP contribution >= 0.6 is 23.1 Å². The Morgan fingerprint density at radius 3 is 2.52 bits per heavy atom. The zero-order chi connectivity index (χ0) is 17.6. The first-order chi connectivity index (χ1) is 12.2. The number of rotatable bonds is 6. The number of amides is 1. The molecule has 128 valence electrons. The smallest absolute Gasteiger partial charge is 0.239 e. The third-order valence-corrected chi connectivity index (χ3v) is 5.90. The van der Waals surface area contributed by atoms with Crippen molar-refractivity contribution in [1.29, 1.82) is 0 Å². The predicted octanol–water partition coefficient (Wildman–Crippen LogP) is 5.02. The Morgan fingerprint density at radius 2 is 1.84 bits per heavy atom. The van der Waals surface area contributed by atoms with E-state index >= 15 is 0 Å². The van der Waals surface area contributed by atoms with E-state index in [2.05, 4.69) is 34.6 Å². The van der Waals surface area contributed by atoms with Gasteiger partial charge in [-0.25, -0.2) is 0 Å². The number of carbonyl (C=O) groups is 1. The molecule has 0 saturated heterocycles. The molecule has 1 N–H and O–H groups in total. The summed E-state index contributed by atoms with van der Waals surface area (Å²) < 4.78 is 0. The Bertz CT molecular complexity index is 831. The van der Waals surface area contributed by atoms with Gasteiger partial charge in [0.15, 0.2) is 0 Å². The summed E-state index contributed by atoms with van der Waals surface area (Å²) in [4.78, 5) is 13.7. The second kappa shape index (κ2) is 8.27. The van der Waals surface area contributed by atoms with E-state index in [0.717, 1.165) is 21.9 Å². The van der Waals surface area contributed by atoms with E-state index in [9.17, 15) is 4.79 Å². The minimum absolute atomic E-state index is 0.0381. The van der Waals surface area contributed by atoms with Gasteiger partial charge < -0.3 is 0 Å². The Kier molecular flexibility index (Phi) is 5.83. The van der Waals surface area contributed by atoms with Gasteiger partial charge in [-0.1, -0.05) is 66.3 Å². The third-order valence-electron chi connectivity index (χ3n) is 3.64. The van der Waals surface area contributed by atoms with Crippen molar-refractivity contribution < 1.29 is 4.79 Å². The zero-order valence-electron chi connectivity index (χ0n) is 14.1. The molecule has 0 saturated carbocycles. The van der Waals surface area contributed by atoms with Gasteiger partial charge in [-0.3, -0.25) is 10.1 Å². The van der Waals surface area contributed by atoms with Gasteiger partial charge in [-0.15, -0.1) is 22.0 Å². The molecule has 0 aliphatic carbocycles. The lowest BCUT2D eigenvalue weighted by molar-refractivity contribution is -0.115. The summed E-state index contributed by atoms with van der Waals surface area (Å²) in [5, 5.41) is 12.3. The van der Waals surface area contributed by atoms with Crippen molar-refractivity contribution >= 4 is 34.1 Å². The first-order valence-electron chi connectivity index (χ1n) is 8.09. The van der Waals surface area contributed by atoms with Crippen LogP contribution < -0.4 is 5.32 Å². The van der Waals surface area contributed by atoms with Crippen molar-refractivity contribution in [3.8, 4) is 10.6 Å². The highest BCUT2D eigenvalue weighted by Gasteiger charge is 2.19. The monoisotopic (exact) mass is 369 g/mol. The van der Waals surface area contributed by atoms with Crippen molar-refractivity contribution in [1.82, 2.24) is 10.2 Å². The molecule has 3 aromatic rings. The number of benzene rings is 2. The highest BCUT2D eigenvalue weighted by Crippen LogP contribution is 2.29. The Hall–Kier alpha value is -2.18. The van der Waals surface area contributed by atoms with Crippen LogP contribution in [0.15, 0.2) is 59.5 Å². The number of hydrogen-bond acceptors (Lipinski definition) is 5. The molecule has 3 rings (SSSR count). The quantitative estimate of drug-likeness (QED) is 0.620. The molecule has 1 amide bonds. The Labute approximate surface area is 155 Å². The molecule has 1 aromatic heterocycles.